The molecular formula is C18H18N4O4. The molecule has 0 unspecified atom stereocenters. The van der Waals surface area contributed by atoms with Gasteiger partial charge in [-0.25, -0.2) is 4.98 Å². The first-order valence-corrected chi connectivity index (χ1v) is 7.79. The predicted octanol–water partition coefficient (Wildman–Crippen LogP) is 3.39. The summed E-state index contributed by atoms with van der Waals surface area (Å²) in [5, 5.41) is 9.63. The monoisotopic (exact) mass is 354 g/mol. The Kier molecular flexibility index (Phi) is 5.02. The number of aromatic nitrogens is 2. The number of carbonyl (C=O) groups excluding carboxylic acids is 1. The van der Waals surface area contributed by atoms with Crippen LogP contribution in [-0.2, 0) is 0 Å². The molecule has 3 rings (SSSR count). The van der Waals surface area contributed by atoms with Crippen molar-refractivity contribution in [3.63, 3.8) is 0 Å². The van der Waals surface area contributed by atoms with Gasteiger partial charge in [-0.15, -0.1) is 0 Å². The maximum Gasteiger partial charge on any atom is 0.256 e. The summed E-state index contributed by atoms with van der Waals surface area (Å²) in [5.41, 5.74) is 1.16. The van der Waals surface area contributed by atoms with Gasteiger partial charge in [0.1, 0.15) is 11.6 Å². The topological polar surface area (TPSA) is 98.5 Å². The highest BCUT2D eigenvalue weighted by molar-refractivity contribution is 6.04. The lowest BCUT2D eigenvalue weighted by Gasteiger charge is -2.10. The summed E-state index contributed by atoms with van der Waals surface area (Å²) in [7, 11) is 3.06. The third-order valence-electron chi connectivity index (χ3n) is 3.55. The molecule has 0 spiro atoms. The highest BCUT2D eigenvalue weighted by Crippen LogP contribution is 2.27. The maximum absolute atomic E-state index is 12.4. The molecule has 0 aliphatic rings. The summed E-state index contributed by atoms with van der Waals surface area (Å²) in [6.45, 7) is 1.81. The molecule has 8 nitrogen and oxygen atoms in total. The quantitative estimate of drug-likeness (QED) is 0.700. The van der Waals surface area contributed by atoms with Crippen LogP contribution in [0.2, 0.25) is 0 Å². The summed E-state index contributed by atoms with van der Waals surface area (Å²) in [4.78, 5) is 16.6. The van der Waals surface area contributed by atoms with Gasteiger partial charge in [0.15, 0.2) is 17.3 Å². The van der Waals surface area contributed by atoms with Gasteiger partial charge in [0, 0.05) is 11.6 Å². The van der Waals surface area contributed by atoms with Crippen LogP contribution in [-0.4, -0.2) is 30.3 Å². The van der Waals surface area contributed by atoms with Crippen molar-refractivity contribution in [2.75, 3.05) is 24.9 Å². The summed E-state index contributed by atoms with van der Waals surface area (Å²) in [6, 6.07) is 10.2. The Bertz CT molecular complexity index is 906. The van der Waals surface area contributed by atoms with Gasteiger partial charge in [-0.3, -0.25) is 4.79 Å². The Morgan fingerprint density at radius 2 is 1.85 bits per heavy atom. The lowest BCUT2D eigenvalue weighted by Crippen LogP contribution is -2.13. The van der Waals surface area contributed by atoms with Gasteiger partial charge in [-0.2, -0.15) is 0 Å². The largest absolute Gasteiger partial charge is 0.493 e. The molecule has 26 heavy (non-hydrogen) atoms. The Morgan fingerprint density at radius 3 is 2.46 bits per heavy atom. The zero-order valence-electron chi connectivity index (χ0n) is 14.6. The van der Waals surface area contributed by atoms with Crippen molar-refractivity contribution in [3.05, 3.63) is 53.9 Å². The van der Waals surface area contributed by atoms with Crippen molar-refractivity contribution in [2.24, 2.45) is 0 Å². The number of methoxy groups -OCH3 is 2. The molecule has 0 aliphatic heterocycles. The predicted molar refractivity (Wildman–Crippen MR) is 96.3 cm³/mol. The van der Waals surface area contributed by atoms with Crippen LogP contribution in [0.15, 0.2) is 47.1 Å². The van der Waals surface area contributed by atoms with E-state index in [1.54, 1.807) is 42.6 Å². The Morgan fingerprint density at radius 1 is 1.04 bits per heavy atom. The molecule has 0 fully saturated rings. The van der Waals surface area contributed by atoms with E-state index in [0.29, 0.717) is 34.5 Å². The maximum atomic E-state index is 12.4. The molecule has 0 atom stereocenters. The van der Waals surface area contributed by atoms with Crippen molar-refractivity contribution in [1.29, 1.82) is 0 Å². The number of hydrogen-bond donors (Lipinski definition) is 2. The second-order valence-electron chi connectivity index (χ2n) is 5.40. The zero-order valence-corrected chi connectivity index (χ0v) is 14.6. The first-order valence-electron chi connectivity index (χ1n) is 7.79. The highest BCUT2D eigenvalue weighted by Gasteiger charge is 2.11. The second kappa shape index (κ2) is 7.56. The molecule has 2 heterocycles. The van der Waals surface area contributed by atoms with Crippen molar-refractivity contribution in [3.8, 4) is 11.5 Å². The van der Waals surface area contributed by atoms with E-state index in [1.165, 1.54) is 14.2 Å². The number of amides is 1. The molecule has 1 amide bonds. The van der Waals surface area contributed by atoms with E-state index in [1.807, 2.05) is 6.92 Å². The van der Waals surface area contributed by atoms with Crippen LogP contribution in [0, 0.1) is 6.92 Å². The average Bonchev–Trinajstić information content (AvgIpc) is 3.07. The number of rotatable bonds is 6. The van der Waals surface area contributed by atoms with E-state index in [-0.39, 0.29) is 5.91 Å². The lowest BCUT2D eigenvalue weighted by molar-refractivity contribution is 0.102. The van der Waals surface area contributed by atoms with Gasteiger partial charge in [-0.05, 0) is 37.3 Å². The number of anilines is 3. The van der Waals surface area contributed by atoms with Gasteiger partial charge in [0.25, 0.3) is 5.91 Å². The minimum absolute atomic E-state index is 0.300. The molecular weight excluding hydrogens is 336 g/mol. The molecule has 2 N–H and O–H groups in total. The number of ether oxygens (including phenoxy) is 2. The van der Waals surface area contributed by atoms with Gasteiger partial charge < -0.3 is 24.6 Å². The lowest BCUT2D eigenvalue weighted by atomic mass is 10.2. The zero-order chi connectivity index (χ0) is 18.5. The molecule has 3 aromatic rings. The fourth-order valence-corrected chi connectivity index (χ4v) is 2.28. The van der Waals surface area contributed by atoms with E-state index in [9.17, 15) is 4.79 Å². The van der Waals surface area contributed by atoms with Crippen LogP contribution in [0.3, 0.4) is 0 Å². The minimum Gasteiger partial charge on any atom is -0.493 e. The number of aryl methyl sites for hydroxylation is 1. The molecule has 0 saturated heterocycles. The van der Waals surface area contributed by atoms with Crippen LogP contribution < -0.4 is 20.1 Å². The van der Waals surface area contributed by atoms with Gasteiger partial charge in [0.2, 0.25) is 0 Å². The summed E-state index contributed by atoms with van der Waals surface area (Å²) < 4.78 is 15.4. The van der Waals surface area contributed by atoms with Crippen LogP contribution in [0.4, 0.5) is 17.3 Å². The Hall–Kier alpha value is -3.55. The summed E-state index contributed by atoms with van der Waals surface area (Å²) >= 11 is 0. The highest BCUT2D eigenvalue weighted by atomic mass is 16.5. The second-order valence-corrected chi connectivity index (χ2v) is 5.40. The molecule has 0 bridgehead atoms. The van der Waals surface area contributed by atoms with Crippen LogP contribution in [0.25, 0.3) is 0 Å². The summed E-state index contributed by atoms with van der Waals surface area (Å²) in [6.07, 6.45) is 1.59. The number of carbonyl (C=O) groups is 1. The molecule has 2 aromatic heterocycles. The fourth-order valence-electron chi connectivity index (χ4n) is 2.28. The molecule has 8 heteroatoms. The van der Waals surface area contributed by atoms with Gasteiger partial charge in [-0.1, -0.05) is 5.16 Å². The van der Waals surface area contributed by atoms with Crippen LogP contribution in [0.5, 0.6) is 11.5 Å². The number of nitrogens with one attached hydrogen (secondary N) is 2. The first-order chi connectivity index (χ1) is 12.6. The van der Waals surface area contributed by atoms with Crippen LogP contribution in [0.1, 0.15) is 16.1 Å². The Balaban J connectivity index is 1.67. The average molecular weight is 354 g/mol. The first kappa shape index (κ1) is 17.3. The smallest absolute Gasteiger partial charge is 0.256 e. The third kappa shape index (κ3) is 3.92. The molecule has 134 valence electrons. The van der Waals surface area contributed by atoms with Gasteiger partial charge in [0.05, 0.1) is 26.1 Å². The number of pyridine rings is 1. The number of benzene rings is 1. The Labute approximate surface area is 150 Å². The molecule has 0 saturated carbocycles. The van der Waals surface area contributed by atoms with Crippen LogP contribution >= 0.6 is 0 Å². The van der Waals surface area contributed by atoms with E-state index in [0.717, 1.165) is 5.69 Å². The molecule has 0 radical (unpaired) electrons. The number of nitrogens with zero attached hydrogens (tertiary/aromatic N) is 2. The van der Waals surface area contributed by atoms with E-state index in [2.05, 4.69) is 20.8 Å². The van der Waals surface area contributed by atoms with Crippen molar-refractivity contribution in [2.45, 2.75) is 6.92 Å². The van der Waals surface area contributed by atoms with Crippen molar-refractivity contribution in [1.82, 2.24) is 10.1 Å². The number of hydrogen-bond acceptors (Lipinski definition) is 7. The normalized spacial score (nSPS) is 10.3. The SMILES string of the molecule is COc1ccc(C(=O)Nc2ccc(Nc3cc(C)on3)cn2)cc1OC. The summed E-state index contributed by atoms with van der Waals surface area (Å²) in [5.74, 6) is 2.46. The minimum atomic E-state index is -0.300. The fraction of sp³-hybridized carbons (Fsp3) is 0.167. The van der Waals surface area contributed by atoms with Gasteiger partial charge >= 0.3 is 0 Å². The van der Waals surface area contributed by atoms with Crippen molar-refractivity contribution >= 4 is 23.2 Å². The van der Waals surface area contributed by atoms with E-state index in [4.69, 9.17) is 14.0 Å². The van der Waals surface area contributed by atoms with Crippen molar-refractivity contribution < 1.29 is 18.8 Å². The van der Waals surface area contributed by atoms with E-state index >= 15 is 0 Å². The molecule has 0 aliphatic carbocycles. The standard InChI is InChI=1S/C18H18N4O4/c1-11-8-17(22-26-11)20-13-5-7-16(19-10-13)21-18(23)12-4-6-14(24-2)15(9-12)25-3/h4-10H,1-3H3,(H,20,22)(H,19,21,23). The third-order valence-corrected chi connectivity index (χ3v) is 3.55. The van der Waals surface area contributed by atoms with E-state index < -0.39 is 0 Å². The molecule has 1 aromatic carbocycles.